The molecule has 9 heteroatoms. The summed E-state index contributed by atoms with van der Waals surface area (Å²) in [5.74, 6) is -0.974. The van der Waals surface area contributed by atoms with Gasteiger partial charge in [0, 0.05) is 6.20 Å². The first kappa shape index (κ1) is 15.5. The quantitative estimate of drug-likeness (QED) is 0.799. The fourth-order valence-electron chi connectivity index (χ4n) is 1.61. The van der Waals surface area contributed by atoms with E-state index in [-0.39, 0.29) is 22.2 Å². The summed E-state index contributed by atoms with van der Waals surface area (Å²) in [5, 5.41) is 0. The molecule has 0 amide bonds. The zero-order valence-corrected chi connectivity index (χ0v) is 13.2. The molecule has 0 aliphatic carbocycles. The van der Waals surface area contributed by atoms with Crippen molar-refractivity contribution in [3.05, 3.63) is 40.8 Å². The van der Waals surface area contributed by atoms with Crippen LogP contribution in [-0.4, -0.2) is 20.5 Å². The molecular formula is C12H11BrFN3O3S. The molecule has 0 bridgehead atoms. The van der Waals surface area contributed by atoms with E-state index in [0.717, 1.165) is 12.1 Å². The number of nitrogens with two attached hydrogens (primary N) is 1. The van der Waals surface area contributed by atoms with Gasteiger partial charge in [-0.3, -0.25) is 4.72 Å². The first-order valence-corrected chi connectivity index (χ1v) is 7.89. The van der Waals surface area contributed by atoms with Crippen LogP contribution in [0.5, 0.6) is 5.75 Å². The molecule has 0 aliphatic heterocycles. The Kier molecular flexibility index (Phi) is 4.33. The fraction of sp³-hybridized carbons (Fsp3) is 0.0833. The van der Waals surface area contributed by atoms with Gasteiger partial charge in [0.1, 0.15) is 0 Å². The number of nitrogens with zero attached hydrogens (tertiary/aromatic N) is 1. The third-order valence-corrected chi connectivity index (χ3v) is 4.51. The fourth-order valence-corrected chi connectivity index (χ4v) is 3.17. The minimum Gasteiger partial charge on any atom is -0.492 e. The number of nitrogens with one attached hydrogen (secondary N) is 1. The predicted octanol–water partition coefficient (Wildman–Crippen LogP) is 2.37. The molecule has 0 spiro atoms. The second-order valence-electron chi connectivity index (χ2n) is 3.97. The molecule has 2 aromatic rings. The molecular weight excluding hydrogens is 365 g/mol. The van der Waals surface area contributed by atoms with Crippen molar-refractivity contribution in [1.29, 1.82) is 0 Å². The largest absolute Gasteiger partial charge is 0.492 e. The molecule has 1 heterocycles. The van der Waals surface area contributed by atoms with E-state index in [4.69, 9.17) is 10.5 Å². The highest BCUT2D eigenvalue weighted by atomic mass is 79.9. The van der Waals surface area contributed by atoms with Gasteiger partial charge in [-0.15, -0.1) is 0 Å². The van der Waals surface area contributed by atoms with Crippen molar-refractivity contribution in [2.45, 2.75) is 4.90 Å². The number of methoxy groups -OCH3 is 1. The SMILES string of the molecule is COc1c(N)cc(S(=O)(=O)Nc2ncccc2Br)cc1F. The summed E-state index contributed by atoms with van der Waals surface area (Å²) >= 11 is 3.17. The average Bonchev–Trinajstić information content (AvgIpc) is 2.41. The maximum atomic E-state index is 13.7. The highest BCUT2D eigenvalue weighted by molar-refractivity contribution is 9.10. The number of ether oxygens (including phenoxy) is 1. The summed E-state index contributed by atoms with van der Waals surface area (Å²) < 4.78 is 45.6. The Morgan fingerprint density at radius 3 is 2.71 bits per heavy atom. The summed E-state index contributed by atoms with van der Waals surface area (Å²) in [6.07, 6.45) is 1.42. The molecule has 112 valence electrons. The van der Waals surface area contributed by atoms with Crippen molar-refractivity contribution in [3.63, 3.8) is 0 Å². The number of benzene rings is 1. The van der Waals surface area contributed by atoms with Crippen LogP contribution in [0.4, 0.5) is 15.9 Å². The monoisotopic (exact) mass is 375 g/mol. The molecule has 1 aromatic heterocycles. The van der Waals surface area contributed by atoms with Crippen molar-refractivity contribution in [2.75, 3.05) is 17.6 Å². The van der Waals surface area contributed by atoms with E-state index >= 15 is 0 Å². The van der Waals surface area contributed by atoms with Crippen molar-refractivity contribution in [2.24, 2.45) is 0 Å². The molecule has 6 nitrogen and oxygen atoms in total. The first-order chi connectivity index (χ1) is 9.85. The van der Waals surface area contributed by atoms with E-state index in [1.807, 2.05) is 0 Å². The third-order valence-electron chi connectivity index (χ3n) is 2.55. The maximum absolute atomic E-state index is 13.7. The molecule has 3 N–H and O–H groups in total. The van der Waals surface area contributed by atoms with Crippen molar-refractivity contribution >= 4 is 37.5 Å². The summed E-state index contributed by atoms with van der Waals surface area (Å²) in [5.41, 5.74) is 5.46. The third kappa shape index (κ3) is 3.24. The van der Waals surface area contributed by atoms with Gasteiger partial charge in [-0.05, 0) is 40.2 Å². The van der Waals surface area contributed by atoms with Crippen molar-refractivity contribution < 1.29 is 17.5 Å². The second-order valence-corrected chi connectivity index (χ2v) is 6.50. The Bertz CT molecular complexity index is 760. The lowest BCUT2D eigenvalue weighted by Crippen LogP contribution is -2.15. The molecule has 0 unspecified atom stereocenters. The summed E-state index contributed by atoms with van der Waals surface area (Å²) in [6, 6.07) is 5.19. The smallest absolute Gasteiger partial charge is 0.263 e. The number of rotatable bonds is 4. The van der Waals surface area contributed by atoms with Gasteiger partial charge < -0.3 is 10.5 Å². The second kappa shape index (κ2) is 5.86. The molecule has 0 fully saturated rings. The summed E-state index contributed by atoms with van der Waals surface area (Å²) in [7, 11) is -2.78. The van der Waals surface area contributed by atoms with Crippen LogP contribution in [0, 0.1) is 5.82 Å². The van der Waals surface area contributed by atoms with Gasteiger partial charge in [-0.25, -0.2) is 17.8 Å². The number of anilines is 2. The molecule has 2 rings (SSSR count). The van der Waals surface area contributed by atoms with Gasteiger partial charge >= 0.3 is 0 Å². The molecule has 0 saturated heterocycles. The molecule has 0 radical (unpaired) electrons. The van der Waals surface area contributed by atoms with E-state index in [1.165, 1.54) is 13.3 Å². The van der Waals surface area contributed by atoms with Crippen LogP contribution >= 0.6 is 15.9 Å². The van der Waals surface area contributed by atoms with Gasteiger partial charge in [0.2, 0.25) is 0 Å². The van der Waals surface area contributed by atoms with Crippen LogP contribution in [-0.2, 0) is 10.0 Å². The van der Waals surface area contributed by atoms with E-state index in [1.54, 1.807) is 12.1 Å². The van der Waals surface area contributed by atoms with Gasteiger partial charge in [-0.2, -0.15) is 0 Å². The number of aromatic nitrogens is 1. The Morgan fingerprint density at radius 2 is 2.14 bits per heavy atom. The van der Waals surface area contributed by atoms with Gasteiger partial charge in [-0.1, -0.05) is 0 Å². The van der Waals surface area contributed by atoms with E-state index in [0.29, 0.717) is 4.47 Å². The van der Waals surface area contributed by atoms with Crippen LogP contribution in [0.3, 0.4) is 0 Å². The molecule has 21 heavy (non-hydrogen) atoms. The van der Waals surface area contributed by atoms with Crippen molar-refractivity contribution in [3.8, 4) is 5.75 Å². The number of halogens is 2. The average molecular weight is 376 g/mol. The lowest BCUT2D eigenvalue weighted by molar-refractivity contribution is 0.388. The Morgan fingerprint density at radius 1 is 1.43 bits per heavy atom. The minimum absolute atomic E-state index is 0.0901. The standard InChI is InChI=1S/C12H11BrFN3O3S/c1-20-11-9(14)5-7(6-10(11)15)21(18,19)17-12-8(13)3-2-4-16-12/h2-6H,15H2,1H3,(H,16,17). The van der Waals surface area contributed by atoms with Crippen LogP contribution in [0.25, 0.3) is 0 Å². The molecule has 0 atom stereocenters. The maximum Gasteiger partial charge on any atom is 0.263 e. The van der Waals surface area contributed by atoms with Gasteiger partial charge in [0.05, 0.1) is 22.2 Å². The lowest BCUT2D eigenvalue weighted by Gasteiger charge is -2.11. The first-order valence-electron chi connectivity index (χ1n) is 5.61. The van der Waals surface area contributed by atoms with Crippen molar-refractivity contribution in [1.82, 2.24) is 4.98 Å². The van der Waals surface area contributed by atoms with Crippen LogP contribution in [0.15, 0.2) is 39.8 Å². The molecule has 1 aromatic carbocycles. The van der Waals surface area contributed by atoms with E-state index < -0.39 is 15.8 Å². The highest BCUT2D eigenvalue weighted by Gasteiger charge is 2.20. The predicted molar refractivity (Wildman–Crippen MR) is 80.1 cm³/mol. The van der Waals surface area contributed by atoms with Crippen LogP contribution in [0.2, 0.25) is 0 Å². The zero-order chi connectivity index (χ0) is 15.6. The highest BCUT2D eigenvalue weighted by Crippen LogP contribution is 2.30. The number of pyridine rings is 1. The number of hydrogen-bond donors (Lipinski definition) is 2. The Labute approximate surface area is 129 Å². The molecule has 0 aliphatic rings. The summed E-state index contributed by atoms with van der Waals surface area (Å²) in [6.45, 7) is 0. The van der Waals surface area contributed by atoms with E-state index in [2.05, 4.69) is 25.6 Å². The number of nitrogen functional groups attached to an aromatic ring is 1. The number of sulfonamides is 1. The van der Waals surface area contributed by atoms with Crippen LogP contribution < -0.4 is 15.2 Å². The van der Waals surface area contributed by atoms with Gasteiger partial charge in [0.25, 0.3) is 10.0 Å². The zero-order valence-electron chi connectivity index (χ0n) is 10.8. The summed E-state index contributed by atoms with van der Waals surface area (Å²) in [4.78, 5) is 3.56. The van der Waals surface area contributed by atoms with Crippen LogP contribution in [0.1, 0.15) is 0 Å². The Hall–Kier alpha value is -1.87. The van der Waals surface area contributed by atoms with E-state index in [9.17, 15) is 12.8 Å². The van der Waals surface area contributed by atoms with Gasteiger partial charge in [0.15, 0.2) is 17.4 Å². The lowest BCUT2D eigenvalue weighted by atomic mass is 10.3. The Balaban J connectivity index is 2.43. The molecule has 0 saturated carbocycles. The minimum atomic E-state index is -4.02. The normalized spacial score (nSPS) is 11.2. The number of hydrogen-bond acceptors (Lipinski definition) is 5. The topological polar surface area (TPSA) is 94.3 Å².